The summed E-state index contributed by atoms with van der Waals surface area (Å²) < 4.78 is 0. The minimum absolute atomic E-state index is 0.0385. The number of benzene rings is 1. The third kappa shape index (κ3) is 8.03. The quantitative estimate of drug-likeness (QED) is 0.675. The number of carbonyl (C=O) groups excluding carboxylic acids is 2. The molecule has 0 aromatic heterocycles. The molecule has 140 valence electrons. The molecule has 6 heteroatoms. The fraction of sp³-hybridized carbons (Fsp3) is 0.579. The Balaban J connectivity index is 2.51. The highest BCUT2D eigenvalue weighted by Crippen LogP contribution is 2.13. The number of anilines is 1. The molecule has 3 N–H and O–H groups in total. The van der Waals surface area contributed by atoms with Crippen molar-refractivity contribution in [1.82, 2.24) is 10.2 Å². The van der Waals surface area contributed by atoms with E-state index in [9.17, 15) is 14.7 Å². The second kappa shape index (κ2) is 10.0. The minimum atomic E-state index is -0.540. The van der Waals surface area contributed by atoms with Gasteiger partial charge in [0.2, 0.25) is 5.91 Å². The molecule has 0 radical (unpaired) electrons. The molecule has 0 aliphatic heterocycles. The summed E-state index contributed by atoms with van der Waals surface area (Å²) in [5, 5.41) is 15.2. The second-order valence-electron chi connectivity index (χ2n) is 7.06. The van der Waals surface area contributed by atoms with Crippen LogP contribution in [0, 0.1) is 5.92 Å². The van der Waals surface area contributed by atoms with Gasteiger partial charge in [-0.2, -0.15) is 0 Å². The van der Waals surface area contributed by atoms with Crippen LogP contribution in [0.15, 0.2) is 24.3 Å². The first-order valence-electron chi connectivity index (χ1n) is 8.78. The summed E-state index contributed by atoms with van der Waals surface area (Å²) in [5.41, 5.74) is 1.67. The first-order chi connectivity index (χ1) is 11.7. The van der Waals surface area contributed by atoms with Gasteiger partial charge in [0, 0.05) is 31.7 Å². The number of urea groups is 1. The van der Waals surface area contributed by atoms with Crippen molar-refractivity contribution in [2.45, 2.75) is 59.7 Å². The summed E-state index contributed by atoms with van der Waals surface area (Å²) in [6.45, 7) is 10.3. The second-order valence-corrected chi connectivity index (χ2v) is 7.06. The summed E-state index contributed by atoms with van der Waals surface area (Å²) >= 11 is 0. The zero-order valence-electron chi connectivity index (χ0n) is 15.9. The Morgan fingerprint density at radius 2 is 1.72 bits per heavy atom. The summed E-state index contributed by atoms with van der Waals surface area (Å²) in [4.78, 5) is 25.3. The standard InChI is InChI=1S/C19H31N3O3/c1-13(2)10-18(24)11-20-19(25)21-17-8-6-16(7-9-17)12-22(14(3)4)15(5)23/h6-9,13-14,18,24H,10-12H2,1-5H3,(H2,20,21,25). The van der Waals surface area contributed by atoms with Gasteiger partial charge in [-0.1, -0.05) is 26.0 Å². The van der Waals surface area contributed by atoms with Gasteiger partial charge in [0.1, 0.15) is 0 Å². The van der Waals surface area contributed by atoms with Crippen molar-refractivity contribution in [1.29, 1.82) is 0 Å². The first kappa shape index (κ1) is 21.0. The van der Waals surface area contributed by atoms with Crippen LogP contribution in [0.1, 0.15) is 46.6 Å². The van der Waals surface area contributed by atoms with E-state index in [0.717, 1.165) is 5.56 Å². The molecule has 1 aromatic carbocycles. The van der Waals surface area contributed by atoms with Crippen LogP contribution in [-0.4, -0.2) is 40.6 Å². The van der Waals surface area contributed by atoms with E-state index in [0.29, 0.717) is 24.6 Å². The third-order valence-corrected chi connectivity index (χ3v) is 3.83. The van der Waals surface area contributed by atoms with E-state index in [2.05, 4.69) is 10.6 Å². The van der Waals surface area contributed by atoms with Gasteiger partial charge < -0.3 is 20.6 Å². The normalized spacial score (nSPS) is 12.2. The van der Waals surface area contributed by atoms with E-state index < -0.39 is 6.10 Å². The van der Waals surface area contributed by atoms with Gasteiger partial charge in [0.05, 0.1) is 6.10 Å². The number of carbonyl (C=O) groups is 2. The molecular formula is C19H31N3O3. The lowest BCUT2D eigenvalue weighted by molar-refractivity contribution is -0.131. The van der Waals surface area contributed by atoms with Crippen molar-refractivity contribution in [3.8, 4) is 0 Å². The topological polar surface area (TPSA) is 81.7 Å². The Hall–Kier alpha value is -2.08. The van der Waals surface area contributed by atoms with Crippen LogP contribution in [0.2, 0.25) is 0 Å². The number of hydrogen-bond donors (Lipinski definition) is 3. The Labute approximate surface area is 150 Å². The molecule has 0 aliphatic carbocycles. The van der Waals surface area contributed by atoms with Crippen LogP contribution in [0.25, 0.3) is 0 Å². The lowest BCUT2D eigenvalue weighted by Crippen LogP contribution is -2.35. The zero-order valence-corrected chi connectivity index (χ0v) is 15.9. The summed E-state index contributed by atoms with van der Waals surface area (Å²) in [6, 6.07) is 7.18. The SMILES string of the molecule is CC(=O)N(Cc1ccc(NC(=O)NCC(O)CC(C)C)cc1)C(C)C. The van der Waals surface area contributed by atoms with Gasteiger partial charge in [-0.3, -0.25) is 4.79 Å². The molecule has 0 heterocycles. The van der Waals surface area contributed by atoms with Gasteiger partial charge in [0.25, 0.3) is 0 Å². The Morgan fingerprint density at radius 1 is 1.12 bits per heavy atom. The van der Waals surface area contributed by atoms with Crippen molar-refractivity contribution >= 4 is 17.6 Å². The lowest BCUT2D eigenvalue weighted by Gasteiger charge is -2.25. The minimum Gasteiger partial charge on any atom is -0.391 e. The van der Waals surface area contributed by atoms with Crippen LogP contribution in [-0.2, 0) is 11.3 Å². The van der Waals surface area contributed by atoms with Crippen molar-refractivity contribution in [3.05, 3.63) is 29.8 Å². The molecule has 0 aliphatic rings. The molecule has 0 bridgehead atoms. The van der Waals surface area contributed by atoms with E-state index in [1.165, 1.54) is 0 Å². The van der Waals surface area contributed by atoms with Crippen LogP contribution in [0.4, 0.5) is 10.5 Å². The van der Waals surface area contributed by atoms with E-state index in [1.807, 2.05) is 39.8 Å². The van der Waals surface area contributed by atoms with E-state index in [4.69, 9.17) is 0 Å². The van der Waals surface area contributed by atoms with Gasteiger partial charge in [-0.25, -0.2) is 4.79 Å². The van der Waals surface area contributed by atoms with Crippen molar-refractivity contribution < 1.29 is 14.7 Å². The first-order valence-corrected chi connectivity index (χ1v) is 8.78. The monoisotopic (exact) mass is 349 g/mol. The van der Waals surface area contributed by atoms with Gasteiger partial charge in [-0.05, 0) is 43.9 Å². The number of aliphatic hydroxyl groups is 1. The molecule has 25 heavy (non-hydrogen) atoms. The largest absolute Gasteiger partial charge is 0.391 e. The summed E-state index contributed by atoms with van der Waals surface area (Å²) in [7, 11) is 0. The van der Waals surface area contributed by atoms with E-state index in [1.54, 1.807) is 24.0 Å². The molecular weight excluding hydrogens is 318 g/mol. The van der Waals surface area contributed by atoms with E-state index in [-0.39, 0.29) is 24.5 Å². The summed E-state index contributed by atoms with van der Waals surface area (Å²) in [5.74, 6) is 0.421. The average Bonchev–Trinajstić information content (AvgIpc) is 2.51. The average molecular weight is 349 g/mol. The lowest BCUT2D eigenvalue weighted by atomic mass is 10.1. The third-order valence-electron chi connectivity index (χ3n) is 3.83. The predicted molar refractivity (Wildman–Crippen MR) is 100 cm³/mol. The highest BCUT2D eigenvalue weighted by molar-refractivity contribution is 5.89. The highest BCUT2D eigenvalue weighted by Gasteiger charge is 2.13. The van der Waals surface area contributed by atoms with Gasteiger partial charge in [-0.15, -0.1) is 0 Å². The zero-order chi connectivity index (χ0) is 19.0. The molecule has 1 unspecified atom stereocenters. The van der Waals surface area contributed by atoms with Crippen molar-refractivity contribution in [2.24, 2.45) is 5.92 Å². The van der Waals surface area contributed by atoms with Crippen molar-refractivity contribution in [2.75, 3.05) is 11.9 Å². The van der Waals surface area contributed by atoms with E-state index >= 15 is 0 Å². The fourth-order valence-electron chi connectivity index (χ4n) is 2.56. The van der Waals surface area contributed by atoms with Crippen molar-refractivity contribution in [3.63, 3.8) is 0 Å². The number of amides is 3. The maximum Gasteiger partial charge on any atom is 0.319 e. The van der Waals surface area contributed by atoms with Crippen LogP contribution in [0.3, 0.4) is 0 Å². The predicted octanol–water partition coefficient (Wildman–Crippen LogP) is 2.97. The molecule has 0 fully saturated rings. The molecule has 1 rings (SSSR count). The Bertz CT molecular complexity index is 556. The maximum atomic E-state index is 11.9. The molecule has 3 amide bonds. The van der Waals surface area contributed by atoms with Crippen LogP contribution in [0.5, 0.6) is 0 Å². The molecule has 0 saturated heterocycles. The number of rotatable bonds is 8. The number of nitrogens with zero attached hydrogens (tertiary/aromatic N) is 1. The Kier molecular flexibility index (Phi) is 8.41. The number of hydrogen-bond acceptors (Lipinski definition) is 3. The fourth-order valence-corrected chi connectivity index (χ4v) is 2.56. The molecule has 6 nitrogen and oxygen atoms in total. The van der Waals surface area contributed by atoms with Gasteiger partial charge >= 0.3 is 6.03 Å². The maximum absolute atomic E-state index is 11.9. The molecule has 0 saturated carbocycles. The number of nitrogens with one attached hydrogen (secondary N) is 2. The molecule has 0 spiro atoms. The summed E-state index contributed by atoms with van der Waals surface area (Å²) in [6.07, 6.45) is 0.110. The Morgan fingerprint density at radius 3 is 2.20 bits per heavy atom. The van der Waals surface area contributed by atoms with Gasteiger partial charge in [0.15, 0.2) is 0 Å². The molecule has 1 aromatic rings. The highest BCUT2D eigenvalue weighted by atomic mass is 16.3. The van der Waals surface area contributed by atoms with Crippen LogP contribution < -0.4 is 10.6 Å². The smallest absolute Gasteiger partial charge is 0.319 e. The molecule has 1 atom stereocenters. The van der Waals surface area contributed by atoms with Crippen LogP contribution >= 0.6 is 0 Å². The number of aliphatic hydroxyl groups excluding tert-OH is 1.